The summed E-state index contributed by atoms with van der Waals surface area (Å²) in [6, 6.07) is 3.28. The SMILES string of the molecule is C=CCOC(=O)N1CCc2cc(OC)c(OC)cc2[C@@H]1CC(=O)C=C.S. The number of methoxy groups -OCH3 is 2. The fourth-order valence-corrected chi connectivity index (χ4v) is 2.95. The van der Waals surface area contributed by atoms with Gasteiger partial charge in [-0.25, -0.2) is 4.79 Å². The number of amides is 1. The van der Waals surface area contributed by atoms with Crippen LogP contribution in [0.25, 0.3) is 0 Å². The molecule has 0 N–H and O–H groups in total. The Morgan fingerprint density at radius 3 is 2.46 bits per heavy atom. The lowest BCUT2D eigenvalue weighted by atomic mass is 9.89. The van der Waals surface area contributed by atoms with Crippen LogP contribution in [0.1, 0.15) is 23.6 Å². The van der Waals surface area contributed by atoms with E-state index in [1.54, 1.807) is 19.1 Å². The first-order chi connectivity index (χ1) is 12.0. The number of allylic oxidation sites excluding steroid dienone is 1. The summed E-state index contributed by atoms with van der Waals surface area (Å²) in [5, 5.41) is 0. The molecule has 0 saturated heterocycles. The van der Waals surface area contributed by atoms with Gasteiger partial charge in [-0.05, 0) is 35.8 Å². The van der Waals surface area contributed by atoms with Crippen molar-refractivity contribution < 1.29 is 23.8 Å². The number of hydrogen-bond donors (Lipinski definition) is 0. The van der Waals surface area contributed by atoms with Crippen LogP contribution in [-0.2, 0) is 16.0 Å². The van der Waals surface area contributed by atoms with Crippen molar-refractivity contribution in [2.45, 2.75) is 18.9 Å². The predicted octanol–water partition coefficient (Wildman–Crippen LogP) is 3.18. The maximum atomic E-state index is 12.4. The predicted molar refractivity (Wildman–Crippen MR) is 104 cm³/mol. The van der Waals surface area contributed by atoms with E-state index in [0.29, 0.717) is 24.5 Å². The van der Waals surface area contributed by atoms with Crippen molar-refractivity contribution in [1.29, 1.82) is 0 Å². The molecule has 0 aliphatic carbocycles. The van der Waals surface area contributed by atoms with Gasteiger partial charge in [0, 0.05) is 13.0 Å². The van der Waals surface area contributed by atoms with E-state index in [9.17, 15) is 9.59 Å². The Kier molecular flexibility index (Phi) is 8.25. The van der Waals surface area contributed by atoms with Crippen LogP contribution in [0.4, 0.5) is 4.79 Å². The Labute approximate surface area is 160 Å². The molecule has 2 rings (SSSR count). The molecular formula is C19H25NO5S. The minimum atomic E-state index is -0.470. The number of carbonyl (C=O) groups excluding carboxylic acids is 2. The summed E-state index contributed by atoms with van der Waals surface area (Å²) in [6.07, 6.45) is 3.07. The number of fused-ring (bicyclic) bond motifs is 1. The summed E-state index contributed by atoms with van der Waals surface area (Å²) in [7, 11) is 3.12. The number of rotatable bonds is 7. The van der Waals surface area contributed by atoms with E-state index in [1.807, 2.05) is 12.1 Å². The molecule has 6 nitrogen and oxygen atoms in total. The summed E-state index contributed by atoms with van der Waals surface area (Å²) in [5.74, 6) is 1.03. The molecular weight excluding hydrogens is 354 g/mol. The van der Waals surface area contributed by atoms with Crippen molar-refractivity contribution in [3.63, 3.8) is 0 Å². The zero-order chi connectivity index (χ0) is 18.4. The van der Waals surface area contributed by atoms with E-state index in [0.717, 1.165) is 11.1 Å². The maximum Gasteiger partial charge on any atom is 0.410 e. The summed E-state index contributed by atoms with van der Waals surface area (Å²) >= 11 is 0. The number of nitrogens with zero attached hydrogens (tertiary/aromatic N) is 1. The molecule has 0 radical (unpaired) electrons. The van der Waals surface area contributed by atoms with E-state index >= 15 is 0 Å². The third-order valence-electron chi connectivity index (χ3n) is 4.18. The molecule has 0 spiro atoms. The molecule has 142 valence electrons. The molecule has 0 aromatic heterocycles. The average Bonchev–Trinajstić information content (AvgIpc) is 2.64. The van der Waals surface area contributed by atoms with Gasteiger partial charge in [0.05, 0.1) is 20.3 Å². The van der Waals surface area contributed by atoms with Crippen molar-refractivity contribution >= 4 is 25.4 Å². The molecule has 1 heterocycles. The Hall–Kier alpha value is -2.41. The van der Waals surface area contributed by atoms with Gasteiger partial charge in [-0.2, -0.15) is 13.5 Å². The van der Waals surface area contributed by atoms with Crippen LogP contribution in [0.2, 0.25) is 0 Å². The van der Waals surface area contributed by atoms with Crippen molar-refractivity contribution in [2.24, 2.45) is 0 Å². The van der Waals surface area contributed by atoms with Crippen molar-refractivity contribution in [3.8, 4) is 11.5 Å². The third-order valence-corrected chi connectivity index (χ3v) is 4.18. The Morgan fingerprint density at radius 1 is 1.23 bits per heavy atom. The molecule has 0 unspecified atom stereocenters. The van der Waals surface area contributed by atoms with E-state index in [1.165, 1.54) is 12.2 Å². The quantitative estimate of drug-likeness (QED) is 0.538. The van der Waals surface area contributed by atoms with Gasteiger partial charge in [0.15, 0.2) is 17.3 Å². The van der Waals surface area contributed by atoms with Gasteiger partial charge < -0.3 is 19.1 Å². The molecule has 0 bridgehead atoms. The topological polar surface area (TPSA) is 65.1 Å². The van der Waals surface area contributed by atoms with Gasteiger partial charge in [-0.15, -0.1) is 0 Å². The number of ether oxygens (including phenoxy) is 3. The molecule has 26 heavy (non-hydrogen) atoms. The number of benzene rings is 1. The highest BCUT2D eigenvalue weighted by Gasteiger charge is 2.34. The lowest BCUT2D eigenvalue weighted by Gasteiger charge is -2.36. The van der Waals surface area contributed by atoms with Crippen LogP contribution in [-0.4, -0.2) is 44.1 Å². The lowest BCUT2D eigenvalue weighted by Crippen LogP contribution is -2.41. The van der Waals surface area contributed by atoms with Crippen LogP contribution < -0.4 is 9.47 Å². The summed E-state index contributed by atoms with van der Waals surface area (Å²) in [4.78, 5) is 25.9. The van der Waals surface area contributed by atoms with Crippen molar-refractivity contribution in [3.05, 3.63) is 48.6 Å². The largest absolute Gasteiger partial charge is 0.493 e. The lowest BCUT2D eigenvalue weighted by molar-refractivity contribution is -0.115. The Bertz CT molecular complexity index is 689. The van der Waals surface area contributed by atoms with Gasteiger partial charge in [0.2, 0.25) is 0 Å². The number of carbonyl (C=O) groups is 2. The highest BCUT2D eigenvalue weighted by atomic mass is 32.1. The fraction of sp³-hybridized carbons (Fsp3) is 0.368. The fourth-order valence-electron chi connectivity index (χ4n) is 2.95. The van der Waals surface area contributed by atoms with E-state index in [-0.39, 0.29) is 32.3 Å². The number of hydrogen-bond acceptors (Lipinski definition) is 5. The van der Waals surface area contributed by atoms with E-state index in [2.05, 4.69) is 13.2 Å². The highest BCUT2D eigenvalue weighted by molar-refractivity contribution is 7.59. The van der Waals surface area contributed by atoms with Gasteiger partial charge in [-0.3, -0.25) is 4.79 Å². The smallest absolute Gasteiger partial charge is 0.410 e. The van der Waals surface area contributed by atoms with Gasteiger partial charge in [0.1, 0.15) is 6.61 Å². The second-order valence-corrected chi connectivity index (χ2v) is 5.61. The first kappa shape index (κ1) is 21.6. The summed E-state index contributed by atoms with van der Waals surface area (Å²) in [5.41, 5.74) is 1.88. The van der Waals surface area contributed by atoms with E-state index in [4.69, 9.17) is 14.2 Å². The van der Waals surface area contributed by atoms with Gasteiger partial charge >= 0.3 is 6.09 Å². The third kappa shape index (κ3) is 4.60. The van der Waals surface area contributed by atoms with Crippen LogP contribution in [0.3, 0.4) is 0 Å². The molecule has 1 aromatic carbocycles. The molecule has 1 aromatic rings. The normalized spacial score (nSPS) is 15.2. The standard InChI is InChI=1S/C19H23NO5.H2S/c1-5-9-25-19(22)20-8-7-13-10-17(23-3)18(24-4)12-15(13)16(20)11-14(21)6-2;/h5-6,10,12,16H,1-2,7-9,11H2,3-4H3;1H2/t16-;/m0./s1. The molecule has 0 saturated carbocycles. The molecule has 1 aliphatic rings. The zero-order valence-corrected chi connectivity index (χ0v) is 16.1. The first-order valence-electron chi connectivity index (χ1n) is 8.00. The molecule has 7 heteroatoms. The zero-order valence-electron chi connectivity index (χ0n) is 15.1. The van der Waals surface area contributed by atoms with Crippen LogP contribution in [0.5, 0.6) is 11.5 Å². The van der Waals surface area contributed by atoms with Crippen LogP contribution in [0, 0.1) is 0 Å². The average molecular weight is 379 g/mol. The molecule has 0 fully saturated rings. The van der Waals surface area contributed by atoms with Gasteiger partial charge in [-0.1, -0.05) is 19.2 Å². The minimum Gasteiger partial charge on any atom is -0.493 e. The minimum absolute atomic E-state index is 0. The summed E-state index contributed by atoms with van der Waals surface area (Å²) < 4.78 is 15.9. The van der Waals surface area contributed by atoms with Crippen molar-refractivity contribution in [2.75, 3.05) is 27.4 Å². The molecule has 1 aliphatic heterocycles. The second kappa shape index (κ2) is 9.91. The van der Waals surface area contributed by atoms with Crippen LogP contribution >= 0.6 is 13.5 Å². The maximum absolute atomic E-state index is 12.4. The Balaban J connectivity index is 0.00000338. The Morgan fingerprint density at radius 2 is 1.88 bits per heavy atom. The molecule has 1 amide bonds. The number of ketones is 1. The van der Waals surface area contributed by atoms with Crippen molar-refractivity contribution in [1.82, 2.24) is 4.90 Å². The summed E-state index contributed by atoms with van der Waals surface area (Å²) in [6.45, 7) is 7.64. The van der Waals surface area contributed by atoms with E-state index < -0.39 is 12.1 Å². The monoisotopic (exact) mass is 379 g/mol. The van der Waals surface area contributed by atoms with Crippen LogP contribution in [0.15, 0.2) is 37.4 Å². The van der Waals surface area contributed by atoms with Gasteiger partial charge in [0.25, 0.3) is 0 Å². The highest BCUT2D eigenvalue weighted by Crippen LogP contribution is 2.39. The molecule has 1 atom stereocenters. The second-order valence-electron chi connectivity index (χ2n) is 5.61. The first-order valence-corrected chi connectivity index (χ1v) is 8.00.